The first-order valence-corrected chi connectivity index (χ1v) is 10.5. The van der Waals surface area contributed by atoms with Crippen molar-refractivity contribution in [1.29, 1.82) is 0 Å². The van der Waals surface area contributed by atoms with Crippen LogP contribution in [0.2, 0.25) is 0 Å². The van der Waals surface area contributed by atoms with Gasteiger partial charge in [-0.05, 0) is 65.8 Å². The van der Waals surface area contributed by atoms with Gasteiger partial charge in [0.05, 0.1) is 5.69 Å². The largest absolute Gasteiger partial charge is 0.754 e. The van der Waals surface area contributed by atoms with E-state index in [0.717, 1.165) is 63.8 Å². The van der Waals surface area contributed by atoms with Gasteiger partial charge in [0.1, 0.15) is 12.0 Å². The summed E-state index contributed by atoms with van der Waals surface area (Å²) in [4.78, 5) is 0. The van der Waals surface area contributed by atoms with Gasteiger partial charge in [0, 0.05) is 35.5 Å². The fourth-order valence-electron chi connectivity index (χ4n) is 4.55. The summed E-state index contributed by atoms with van der Waals surface area (Å²) in [6.45, 7) is 4.77. The number of benzene rings is 2. The highest BCUT2D eigenvalue weighted by molar-refractivity contribution is 5.86. The average Bonchev–Trinajstić information content (AvgIpc) is 3.15. The normalized spacial score (nSPS) is 20.5. The summed E-state index contributed by atoms with van der Waals surface area (Å²) in [7, 11) is 0. The summed E-state index contributed by atoms with van der Waals surface area (Å²) in [6.07, 6.45) is 6.81. The van der Waals surface area contributed by atoms with E-state index < -0.39 is 0 Å². The minimum atomic E-state index is -0.290. The van der Waals surface area contributed by atoms with Crippen molar-refractivity contribution in [3.63, 3.8) is 0 Å². The number of halogens is 1. The number of anilines is 1. The molecule has 0 radical (unpaired) electrons. The molecule has 0 saturated carbocycles. The van der Waals surface area contributed by atoms with Crippen LogP contribution in [0.5, 0.6) is 0 Å². The number of allylic oxidation sites excluding steroid dienone is 1. The Kier molecular flexibility index (Phi) is 4.76. The molecule has 0 amide bonds. The molecule has 1 atom stereocenters. The van der Waals surface area contributed by atoms with Crippen LogP contribution in [0, 0.1) is 16.9 Å². The van der Waals surface area contributed by atoms with Crippen LogP contribution >= 0.6 is 0 Å². The molecule has 0 aliphatic carbocycles. The van der Waals surface area contributed by atoms with Crippen molar-refractivity contribution >= 4 is 23.7 Å². The van der Waals surface area contributed by atoms with E-state index in [-0.39, 0.29) is 18.0 Å². The van der Waals surface area contributed by atoms with Gasteiger partial charge in [0.2, 0.25) is 0 Å². The van der Waals surface area contributed by atoms with E-state index in [1.807, 2.05) is 26.1 Å². The van der Waals surface area contributed by atoms with Crippen molar-refractivity contribution in [3.05, 3.63) is 74.7 Å². The van der Waals surface area contributed by atoms with Crippen LogP contribution in [0.1, 0.15) is 44.2 Å². The molecule has 1 N–H and O–H groups in total. The van der Waals surface area contributed by atoms with E-state index >= 15 is 0 Å². The van der Waals surface area contributed by atoms with Crippen LogP contribution in [0.25, 0.3) is 18.0 Å². The summed E-state index contributed by atoms with van der Waals surface area (Å²) in [5, 5.41) is 17.9. The van der Waals surface area contributed by atoms with Gasteiger partial charge in [-0.15, -0.1) is 0 Å². The third-order valence-electron chi connectivity index (χ3n) is 5.96. The van der Waals surface area contributed by atoms with Gasteiger partial charge in [-0.1, -0.05) is 26.0 Å². The molecular weight excluding hydrogens is 381 g/mol. The van der Waals surface area contributed by atoms with E-state index in [1.54, 1.807) is 18.3 Å². The Morgan fingerprint density at radius 3 is 2.63 bits per heavy atom. The molecule has 30 heavy (non-hydrogen) atoms. The molecule has 156 valence electrons. The number of hydrazine groups is 1. The van der Waals surface area contributed by atoms with Crippen LogP contribution < -0.4 is 20.9 Å². The second-order valence-electron chi connectivity index (χ2n) is 8.34. The van der Waals surface area contributed by atoms with E-state index in [1.165, 1.54) is 12.1 Å². The Hall–Kier alpha value is -2.83. The minimum absolute atomic E-state index is 0.0143. The predicted octanol–water partition coefficient (Wildman–Crippen LogP) is 3.38. The first-order chi connectivity index (χ1) is 14.5. The van der Waals surface area contributed by atoms with Crippen LogP contribution in [0.3, 0.4) is 0 Å². The predicted molar refractivity (Wildman–Crippen MR) is 116 cm³/mol. The molecule has 2 aromatic rings. The first kappa shape index (κ1) is 19.2. The molecule has 6 heteroatoms. The number of hydrogen-bond donors (Lipinski definition) is 1. The van der Waals surface area contributed by atoms with E-state index in [4.69, 9.17) is 4.74 Å². The van der Waals surface area contributed by atoms with Crippen LogP contribution in [-0.4, -0.2) is 17.9 Å². The highest BCUT2D eigenvalue weighted by atomic mass is 19.1. The number of rotatable bonds is 3. The summed E-state index contributed by atoms with van der Waals surface area (Å²) in [5.41, 5.74) is 7.72. The quantitative estimate of drug-likeness (QED) is 0.847. The molecule has 2 aromatic carbocycles. The molecule has 0 spiro atoms. The maximum atomic E-state index is 13.6. The van der Waals surface area contributed by atoms with Gasteiger partial charge in [-0.3, -0.25) is 5.01 Å². The van der Waals surface area contributed by atoms with Crippen LogP contribution in [0.4, 0.5) is 10.1 Å². The number of ether oxygens (including phenoxy) is 1. The average molecular weight is 406 g/mol. The Bertz CT molecular complexity index is 1120. The molecule has 5 nitrogen and oxygen atoms in total. The number of hydroxylamine groups is 2. The molecule has 5 rings (SSSR count). The van der Waals surface area contributed by atoms with Crippen molar-refractivity contribution in [2.45, 2.75) is 39.3 Å². The lowest BCUT2D eigenvalue weighted by molar-refractivity contribution is 0.0113. The topological polar surface area (TPSA) is 50.8 Å². The van der Waals surface area contributed by atoms with E-state index in [2.05, 4.69) is 16.5 Å². The Balaban J connectivity index is 1.66. The molecule has 3 aliphatic rings. The van der Waals surface area contributed by atoms with Gasteiger partial charge < -0.3 is 20.4 Å². The van der Waals surface area contributed by atoms with Crippen molar-refractivity contribution < 1.29 is 9.13 Å². The molecule has 0 aromatic heterocycles. The minimum Gasteiger partial charge on any atom is -0.754 e. The number of hydrogen-bond acceptors (Lipinski definition) is 5. The van der Waals surface area contributed by atoms with Gasteiger partial charge in [-0.2, -0.15) is 0 Å². The third-order valence-corrected chi connectivity index (χ3v) is 5.96. The van der Waals surface area contributed by atoms with Gasteiger partial charge in [0.25, 0.3) is 0 Å². The van der Waals surface area contributed by atoms with Crippen molar-refractivity contribution in [3.8, 4) is 0 Å². The molecule has 1 unspecified atom stereocenters. The Labute approximate surface area is 175 Å². The molecule has 3 aliphatic heterocycles. The van der Waals surface area contributed by atoms with Crippen molar-refractivity contribution in [2.24, 2.45) is 5.92 Å². The molecule has 3 heterocycles. The lowest BCUT2D eigenvalue weighted by Crippen LogP contribution is -2.45. The molecule has 1 saturated heterocycles. The summed E-state index contributed by atoms with van der Waals surface area (Å²) in [6, 6.07) is 10.5. The smallest absolute Gasteiger partial charge is 0.148 e. The van der Waals surface area contributed by atoms with Crippen LogP contribution in [-0.2, 0) is 4.74 Å². The highest BCUT2D eigenvalue weighted by Gasteiger charge is 2.27. The standard InChI is InChI=1S/C24H25FN3O2/c1-15(2)24-23(16-6-8-19(25)9-7-16)20-11-17-13-26-28(22-5-3-4-10-30-22)21(17)12-18(20)14-27(24)29/h6-9,11-15,22,26H,3-5,10H2,1-2H3/q-1. The SMILES string of the molecule is CC(C)C1=C(c2ccc(F)cc2)c2cc3c(cc2=CN1[O-])N(C1CCCCO1)NC=3. The molecular formula is C24H25FN3O2-. The third kappa shape index (κ3) is 3.16. The van der Waals surface area contributed by atoms with E-state index in [0.29, 0.717) is 5.70 Å². The zero-order valence-corrected chi connectivity index (χ0v) is 17.2. The number of nitrogens with one attached hydrogen (secondary N) is 1. The van der Waals surface area contributed by atoms with Gasteiger partial charge in [-0.25, -0.2) is 4.39 Å². The lowest BCUT2D eigenvalue weighted by Gasteiger charge is -2.38. The lowest BCUT2D eigenvalue weighted by atomic mass is 9.88. The van der Waals surface area contributed by atoms with Crippen molar-refractivity contribution in [2.75, 3.05) is 11.6 Å². The summed E-state index contributed by atoms with van der Waals surface area (Å²) < 4.78 is 19.5. The second-order valence-corrected chi connectivity index (χ2v) is 8.34. The summed E-state index contributed by atoms with van der Waals surface area (Å²) >= 11 is 0. The molecule has 1 fully saturated rings. The monoisotopic (exact) mass is 406 g/mol. The Morgan fingerprint density at radius 1 is 1.13 bits per heavy atom. The van der Waals surface area contributed by atoms with Gasteiger partial charge >= 0.3 is 0 Å². The zero-order valence-electron chi connectivity index (χ0n) is 17.2. The first-order valence-electron chi connectivity index (χ1n) is 10.5. The fourth-order valence-corrected chi connectivity index (χ4v) is 4.55. The highest BCUT2D eigenvalue weighted by Crippen LogP contribution is 2.34. The van der Waals surface area contributed by atoms with E-state index in [9.17, 15) is 9.60 Å². The maximum absolute atomic E-state index is 13.6. The maximum Gasteiger partial charge on any atom is 0.148 e. The zero-order chi connectivity index (χ0) is 20.8. The molecule has 0 bridgehead atoms. The second kappa shape index (κ2) is 7.45. The fraction of sp³-hybridized carbons (Fsp3) is 0.333. The number of nitrogens with zero attached hydrogens (tertiary/aromatic N) is 2. The van der Waals surface area contributed by atoms with Gasteiger partial charge in [0.15, 0.2) is 0 Å². The Morgan fingerprint density at radius 2 is 1.93 bits per heavy atom. The van der Waals surface area contributed by atoms with Crippen molar-refractivity contribution in [1.82, 2.24) is 10.5 Å². The van der Waals surface area contributed by atoms with Crippen LogP contribution in [0.15, 0.2) is 42.1 Å². The number of fused-ring (bicyclic) bond motifs is 2. The summed E-state index contributed by atoms with van der Waals surface area (Å²) in [5.74, 6) is -0.268.